The summed E-state index contributed by atoms with van der Waals surface area (Å²) in [5.41, 5.74) is 11.2. The van der Waals surface area contributed by atoms with Crippen molar-refractivity contribution in [3.63, 3.8) is 0 Å². The van der Waals surface area contributed by atoms with E-state index in [0.29, 0.717) is 38.8 Å². The first-order chi connectivity index (χ1) is 16.0. The van der Waals surface area contributed by atoms with Gasteiger partial charge in [0.15, 0.2) is 0 Å². The van der Waals surface area contributed by atoms with Crippen LogP contribution in [-0.2, 0) is 22.4 Å². The predicted octanol–water partition coefficient (Wildman–Crippen LogP) is 4.93. The first kappa shape index (κ1) is 22.8. The molecule has 3 aromatic rings. The summed E-state index contributed by atoms with van der Waals surface area (Å²) in [5.74, 6) is -0.115. The van der Waals surface area contributed by atoms with Crippen LogP contribution in [0.1, 0.15) is 36.0 Å². The largest absolute Gasteiger partial charge is 0.369 e. The van der Waals surface area contributed by atoms with E-state index in [0.717, 1.165) is 17.5 Å². The summed E-state index contributed by atoms with van der Waals surface area (Å²) in [6.45, 7) is 3.25. The maximum atomic E-state index is 12.8. The average molecular weight is 441 g/mol. The Morgan fingerprint density at radius 3 is 2.12 bits per heavy atom. The van der Waals surface area contributed by atoms with Crippen molar-refractivity contribution >= 4 is 11.8 Å². The van der Waals surface area contributed by atoms with Crippen molar-refractivity contribution < 1.29 is 9.59 Å². The number of piperidine rings is 1. The van der Waals surface area contributed by atoms with Crippen molar-refractivity contribution in [2.45, 2.75) is 39.0 Å². The number of primary amides is 1. The van der Waals surface area contributed by atoms with Crippen LogP contribution in [0.2, 0.25) is 0 Å². The molecule has 0 spiro atoms. The third kappa shape index (κ3) is 5.16. The van der Waals surface area contributed by atoms with Crippen molar-refractivity contribution in [3.05, 3.63) is 95.6 Å². The van der Waals surface area contributed by atoms with Gasteiger partial charge in [-0.05, 0) is 60.4 Å². The molecule has 0 unspecified atom stereocenters. The molecule has 1 aliphatic heterocycles. The molecule has 0 aliphatic carbocycles. The van der Waals surface area contributed by atoms with Gasteiger partial charge in [0, 0.05) is 19.5 Å². The lowest BCUT2D eigenvalue weighted by molar-refractivity contribution is -0.138. The lowest BCUT2D eigenvalue weighted by atomic mass is 9.72. The molecule has 0 saturated carbocycles. The highest BCUT2D eigenvalue weighted by molar-refractivity contribution is 5.83. The van der Waals surface area contributed by atoms with Gasteiger partial charge in [-0.2, -0.15) is 0 Å². The highest BCUT2D eigenvalue weighted by Crippen LogP contribution is 2.38. The first-order valence-electron chi connectivity index (χ1n) is 11.7. The van der Waals surface area contributed by atoms with E-state index in [1.807, 2.05) is 59.5 Å². The Bertz CT molecular complexity index is 1120. The Balaban J connectivity index is 1.47. The van der Waals surface area contributed by atoms with E-state index in [1.54, 1.807) is 0 Å². The van der Waals surface area contributed by atoms with E-state index in [9.17, 15) is 9.59 Å². The Kier molecular flexibility index (Phi) is 6.93. The molecule has 2 amide bonds. The predicted molar refractivity (Wildman–Crippen MR) is 133 cm³/mol. The number of likely N-dealkylation sites (tertiary alicyclic amines) is 1. The van der Waals surface area contributed by atoms with E-state index >= 15 is 0 Å². The first-order valence-corrected chi connectivity index (χ1v) is 11.7. The normalized spacial score (nSPS) is 15.2. The fraction of sp³-hybridized carbons (Fsp3) is 0.310. The van der Waals surface area contributed by atoms with Gasteiger partial charge >= 0.3 is 0 Å². The molecule has 4 heteroatoms. The molecule has 3 aromatic carbocycles. The lowest BCUT2D eigenvalue weighted by Crippen LogP contribution is -2.50. The van der Waals surface area contributed by atoms with Gasteiger partial charge in [-0.25, -0.2) is 0 Å². The van der Waals surface area contributed by atoms with Crippen LogP contribution >= 0.6 is 0 Å². The summed E-state index contributed by atoms with van der Waals surface area (Å²) in [4.78, 5) is 27.4. The maximum absolute atomic E-state index is 12.8. The number of hydrogen-bond acceptors (Lipinski definition) is 2. The Labute approximate surface area is 196 Å². The molecule has 0 bridgehead atoms. The second-order valence-electron chi connectivity index (χ2n) is 9.16. The third-order valence-corrected chi connectivity index (χ3v) is 7.05. The molecule has 0 atom stereocenters. The molecule has 4 nitrogen and oxygen atoms in total. The quantitative estimate of drug-likeness (QED) is 0.566. The number of hydrogen-bond donors (Lipinski definition) is 1. The van der Waals surface area contributed by atoms with Crippen LogP contribution in [-0.4, -0.2) is 29.8 Å². The van der Waals surface area contributed by atoms with Crippen molar-refractivity contribution in [1.29, 1.82) is 0 Å². The Morgan fingerprint density at radius 1 is 0.848 bits per heavy atom. The van der Waals surface area contributed by atoms with E-state index < -0.39 is 5.41 Å². The van der Waals surface area contributed by atoms with Crippen LogP contribution < -0.4 is 5.73 Å². The summed E-state index contributed by atoms with van der Waals surface area (Å²) in [5, 5.41) is 0. The highest BCUT2D eigenvalue weighted by Gasteiger charge is 2.41. The molecule has 33 heavy (non-hydrogen) atoms. The number of nitrogens with zero attached hydrogens (tertiary/aromatic N) is 1. The average Bonchev–Trinajstić information content (AvgIpc) is 2.84. The van der Waals surface area contributed by atoms with Gasteiger partial charge in [0.25, 0.3) is 0 Å². The van der Waals surface area contributed by atoms with E-state index in [4.69, 9.17) is 5.73 Å². The van der Waals surface area contributed by atoms with Crippen LogP contribution in [0.3, 0.4) is 0 Å². The number of carbonyl (C=O) groups excluding carboxylic acids is 2. The van der Waals surface area contributed by atoms with Crippen molar-refractivity contribution in [1.82, 2.24) is 4.90 Å². The maximum Gasteiger partial charge on any atom is 0.224 e. The summed E-state index contributed by atoms with van der Waals surface area (Å²) in [6, 6.07) is 26.7. The number of rotatable bonds is 7. The van der Waals surface area contributed by atoms with Crippen molar-refractivity contribution in [2.75, 3.05) is 13.1 Å². The topological polar surface area (TPSA) is 63.4 Å². The number of aryl methyl sites for hydroxylation is 2. The molecular weight excluding hydrogens is 408 g/mol. The van der Waals surface area contributed by atoms with Gasteiger partial charge in [0.05, 0.1) is 5.41 Å². The van der Waals surface area contributed by atoms with Gasteiger partial charge in [-0.15, -0.1) is 0 Å². The molecule has 0 aromatic heterocycles. The summed E-state index contributed by atoms with van der Waals surface area (Å²) < 4.78 is 0. The zero-order valence-corrected chi connectivity index (χ0v) is 19.3. The van der Waals surface area contributed by atoms with Crippen LogP contribution in [0, 0.1) is 12.3 Å². The second kappa shape index (κ2) is 10.0. The van der Waals surface area contributed by atoms with Crippen LogP contribution in [0.4, 0.5) is 0 Å². The number of nitrogens with two attached hydrogens (primary N) is 1. The molecule has 1 aliphatic rings. The zero-order valence-electron chi connectivity index (χ0n) is 19.3. The minimum Gasteiger partial charge on any atom is -0.369 e. The molecule has 2 N–H and O–H groups in total. The smallest absolute Gasteiger partial charge is 0.224 e. The number of benzene rings is 3. The van der Waals surface area contributed by atoms with E-state index in [1.165, 1.54) is 16.7 Å². The molecule has 0 radical (unpaired) electrons. The van der Waals surface area contributed by atoms with Gasteiger partial charge in [-0.3, -0.25) is 9.59 Å². The molecule has 1 fully saturated rings. The van der Waals surface area contributed by atoms with Gasteiger partial charge in [-0.1, -0.05) is 78.9 Å². The van der Waals surface area contributed by atoms with Crippen molar-refractivity contribution in [2.24, 2.45) is 11.1 Å². The molecular formula is C29H32N2O2. The Hall–Kier alpha value is -3.40. The zero-order chi connectivity index (χ0) is 23.3. The SMILES string of the molecule is Cc1ccccc1-c1ccccc1CC1(C(N)=O)CCN(C(=O)CCc2ccccc2)CC1. The van der Waals surface area contributed by atoms with Crippen LogP contribution in [0.5, 0.6) is 0 Å². The lowest BCUT2D eigenvalue weighted by Gasteiger charge is -2.40. The van der Waals surface area contributed by atoms with Crippen molar-refractivity contribution in [3.8, 4) is 11.1 Å². The minimum absolute atomic E-state index is 0.150. The molecule has 1 saturated heterocycles. The van der Waals surface area contributed by atoms with Gasteiger partial charge < -0.3 is 10.6 Å². The molecule has 4 rings (SSSR count). The standard InChI is InChI=1S/C29H32N2O2/c1-22-9-5-7-13-25(22)26-14-8-6-12-24(26)21-29(28(30)33)17-19-31(20-18-29)27(32)16-15-23-10-3-2-4-11-23/h2-14H,15-21H2,1H3,(H2,30,33). The highest BCUT2D eigenvalue weighted by atomic mass is 16.2. The number of amides is 2. The fourth-order valence-corrected chi connectivity index (χ4v) is 4.93. The monoisotopic (exact) mass is 440 g/mol. The number of carbonyl (C=O) groups is 2. The van der Waals surface area contributed by atoms with E-state index in [-0.39, 0.29) is 11.8 Å². The van der Waals surface area contributed by atoms with Crippen LogP contribution in [0.25, 0.3) is 11.1 Å². The van der Waals surface area contributed by atoms with Gasteiger partial charge in [0.1, 0.15) is 0 Å². The summed E-state index contributed by atoms with van der Waals surface area (Å²) in [6.07, 6.45) is 3.02. The fourth-order valence-electron chi connectivity index (χ4n) is 4.93. The minimum atomic E-state index is -0.630. The summed E-state index contributed by atoms with van der Waals surface area (Å²) in [7, 11) is 0. The van der Waals surface area contributed by atoms with E-state index in [2.05, 4.69) is 31.2 Å². The Morgan fingerprint density at radius 2 is 1.45 bits per heavy atom. The summed E-state index contributed by atoms with van der Waals surface area (Å²) >= 11 is 0. The third-order valence-electron chi connectivity index (χ3n) is 7.05. The van der Waals surface area contributed by atoms with Gasteiger partial charge in [0.2, 0.25) is 11.8 Å². The molecule has 1 heterocycles. The molecule has 170 valence electrons. The second-order valence-corrected chi connectivity index (χ2v) is 9.16. The van der Waals surface area contributed by atoms with Crippen LogP contribution in [0.15, 0.2) is 78.9 Å².